The number of hydrogen-bond acceptors (Lipinski definition) is 4. The highest BCUT2D eigenvalue weighted by atomic mass is 32.2. The van der Waals surface area contributed by atoms with Crippen LogP contribution in [0.5, 0.6) is 0 Å². The maximum absolute atomic E-state index is 12.3. The van der Waals surface area contributed by atoms with Crippen LogP contribution in [0, 0.1) is 13.8 Å². The number of likely N-dealkylation sites (N-methyl/N-ethyl adjacent to an activating group) is 1. The zero-order valence-corrected chi connectivity index (χ0v) is 12.5. The number of sulfonamides is 1. The molecule has 0 spiro atoms. The molecule has 0 aliphatic rings. The molecule has 0 amide bonds. The van der Waals surface area contributed by atoms with E-state index in [2.05, 4.69) is 0 Å². The molecule has 0 atom stereocenters. The Labute approximate surface area is 114 Å². The van der Waals surface area contributed by atoms with Gasteiger partial charge in [-0.1, -0.05) is 6.07 Å². The van der Waals surface area contributed by atoms with E-state index < -0.39 is 16.0 Å². The first-order chi connectivity index (χ1) is 8.78. The molecule has 0 aliphatic carbocycles. The van der Waals surface area contributed by atoms with Crippen molar-refractivity contribution in [2.75, 3.05) is 20.2 Å². The van der Waals surface area contributed by atoms with Crippen molar-refractivity contribution in [3.8, 4) is 0 Å². The lowest BCUT2D eigenvalue weighted by atomic mass is 10.1. The van der Waals surface area contributed by atoms with Crippen molar-refractivity contribution in [3.05, 3.63) is 29.3 Å². The van der Waals surface area contributed by atoms with Crippen LogP contribution in [0.1, 0.15) is 18.1 Å². The Bertz CT molecular complexity index is 566. The first kappa shape index (κ1) is 15.7. The van der Waals surface area contributed by atoms with E-state index in [1.54, 1.807) is 25.1 Å². The van der Waals surface area contributed by atoms with Crippen LogP contribution >= 0.6 is 0 Å². The van der Waals surface area contributed by atoms with E-state index >= 15 is 0 Å². The Morgan fingerprint density at radius 1 is 1.26 bits per heavy atom. The fourth-order valence-corrected chi connectivity index (χ4v) is 2.73. The van der Waals surface area contributed by atoms with Gasteiger partial charge in [-0.3, -0.25) is 4.79 Å². The maximum Gasteiger partial charge on any atom is 0.321 e. The summed E-state index contributed by atoms with van der Waals surface area (Å²) < 4.78 is 30.2. The van der Waals surface area contributed by atoms with Crippen LogP contribution in [0.15, 0.2) is 23.1 Å². The Balaban J connectivity index is 2.96. The number of benzene rings is 1. The van der Waals surface area contributed by atoms with Crippen molar-refractivity contribution in [2.24, 2.45) is 0 Å². The number of hydrogen-bond donors (Lipinski definition) is 0. The summed E-state index contributed by atoms with van der Waals surface area (Å²) in [7, 11) is -2.30. The van der Waals surface area contributed by atoms with Gasteiger partial charge in [0.25, 0.3) is 0 Å². The number of nitrogens with zero attached hydrogens (tertiary/aromatic N) is 1. The molecule has 6 heteroatoms. The summed E-state index contributed by atoms with van der Waals surface area (Å²) in [5.74, 6) is -0.558. The third kappa shape index (κ3) is 3.78. The van der Waals surface area contributed by atoms with Gasteiger partial charge in [0, 0.05) is 7.05 Å². The zero-order valence-electron chi connectivity index (χ0n) is 11.6. The maximum atomic E-state index is 12.3. The minimum Gasteiger partial charge on any atom is -0.465 e. The second-order valence-electron chi connectivity index (χ2n) is 4.31. The predicted molar refractivity (Wildman–Crippen MR) is 72.4 cm³/mol. The molecule has 19 heavy (non-hydrogen) atoms. The van der Waals surface area contributed by atoms with Gasteiger partial charge in [0.15, 0.2) is 0 Å². The molecule has 106 valence electrons. The van der Waals surface area contributed by atoms with Crippen LogP contribution in [-0.2, 0) is 19.6 Å². The van der Waals surface area contributed by atoms with Gasteiger partial charge >= 0.3 is 5.97 Å². The molecule has 5 nitrogen and oxygen atoms in total. The number of aryl methyl sites for hydroxylation is 2. The van der Waals surface area contributed by atoms with Gasteiger partial charge < -0.3 is 4.74 Å². The standard InChI is InChI=1S/C13H19NO4S/c1-5-18-13(15)9-14(4)19(16,17)12-7-6-10(2)11(3)8-12/h6-8H,5,9H2,1-4H3. The molecule has 0 radical (unpaired) electrons. The average molecular weight is 285 g/mol. The van der Waals surface area contributed by atoms with Crippen molar-refractivity contribution in [1.29, 1.82) is 0 Å². The molecule has 0 saturated carbocycles. The van der Waals surface area contributed by atoms with E-state index in [9.17, 15) is 13.2 Å². The molecular weight excluding hydrogens is 266 g/mol. The highest BCUT2D eigenvalue weighted by Gasteiger charge is 2.23. The molecule has 0 N–H and O–H groups in total. The van der Waals surface area contributed by atoms with Gasteiger partial charge in [-0.25, -0.2) is 8.42 Å². The highest BCUT2D eigenvalue weighted by Crippen LogP contribution is 2.18. The molecule has 0 aromatic heterocycles. The highest BCUT2D eigenvalue weighted by molar-refractivity contribution is 7.89. The summed E-state index contributed by atoms with van der Waals surface area (Å²) in [4.78, 5) is 11.5. The molecule has 0 aliphatic heterocycles. The van der Waals surface area contributed by atoms with E-state index in [-0.39, 0.29) is 18.0 Å². The van der Waals surface area contributed by atoms with Crippen molar-refractivity contribution >= 4 is 16.0 Å². The van der Waals surface area contributed by atoms with Crippen LogP contribution in [0.2, 0.25) is 0 Å². The number of carbonyl (C=O) groups is 1. The molecule has 0 saturated heterocycles. The van der Waals surface area contributed by atoms with Crippen molar-refractivity contribution in [2.45, 2.75) is 25.7 Å². The lowest BCUT2D eigenvalue weighted by molar-refractivity contribution is -0.143. The second kappa shape index (κ2) is 6.16. The lowest BCUT2D eigenvalue weighted by Gasteiger charge is -2.16. The van der Waals surface area contributed by atoms with Gasteiger partial charge in [-0.15, -0.1) is 0 Å². The second-order valence-corrected chi connectivity index (χ2v) is 6.36. The first-order valence-corrected chi connectivity index (χ1v) is 7.42. The van der Waals surface area contributed by atoms with Crippen LogP contribution in [0.25, 0.3) is 0 Å². The quantitative estimate of drug-likeness (QED) is 0.769. The molecule has 0 bridgehead atoms. The minimum absolute atomic E-state index is 0.183. The summed E-state index contributed by atoms with van der Waals surface area (Å²) in [6.07, 6.45) is 0. The van der Waals surface area contributed by atoms with Gasteiger partial charge in [-0.05, 0) is 44.0 Å². The summed E-state index contributed by atoms with van der Waals surface area (Å²) in [6.45, 7) is 5.38. The molecule has 1 aromatic carbocycles. The fraction of sp³-hybridized carbons (Fsp3) is 0.462. The first-order valence-electron chi connectivity index (χ1n) is 5.98. The monoisotopic (exact) mass is 285 g/mol. The van der Waals surface area contributed by atoms with E-state index in [0.29, 0.717) is 0 Å². The lowest BCUT2D eigenvalue weighted by Crippen LogP contribution is -2.33. The van der Waals surface area contributed by atoms with Gasteiger partial charge in [-0.2, -0.15) is 4.31 Å². The largest absolute Gasteiger partial charge is 0.465 e. The Morgan fingerprint density at radius 3 is 2.42 bits per heavy atom. The third-order valence-corrected chi connectivity index (χ3v) is 4.64. The van der Waals surface area contributed by atoms with Gasteiger partial charge in [0.1, 0.15) is 6.54 Å². The van der Waals surface area contributed by atoms with Crippen molar-refractivity contribution in [1.82, 2.24) is 4.31 Å². The van der Waals surface area contributed by atoms with E-state index in [4.69, 9.17) is 4.74 Å². The van der Waals surface area contributed by atoms with Crippen molar-refractivity contribution in [3.63, 3.8) is 0 Å². The fourth-order valence-electron chi connectivity index (χ4n) is 1.53. The number of rotatable bonds is 5. The SMILES string of the molecule is CCOC(=O)CN(C)S(=O)(=O)c1ccc(C)c(C)c1. The number of esters is 1. The summed E-state index contributed by atoms with van der Waals surface area (Å²) >= 11 is 0. The van der Waals surface area contributed by atoms with Gasteiger partial charge in [0.2, 0.25) is 10.0 Å². The number of carbonyl (C=O) groups excluding carboxylic acids is 1. The van der Waals surface area contributed by atoms with Crippen LogP contribution < -0.4 is 0 Å². The topological polar surface area (TPSA) is 63.7 Å². The van der Waals surface area contributed by atoms with E-state index in [1.165, 1.54) is 7.05 Å². The predicted octanol–water partition coefficient (Wildman–Crippen LogP) is 1.49. The van der Waals surface area contributed by atoms with Gasteiger partial charge in [0.05, 0.1) is 11.5 Å². The van der Waals surface area contributed by atoms with Crippen LogP contribution in [0.3, 0.4) is 0 Å². The number of ether oxygens (including phenoxy) is 1. The normalized spacial score (nSPS) is 11.6. The summed E-state index contributed by atoms with van der Waals surface area (Å²) in [6, 6.07) is 4.89. The minimum atomic E-state index is -3.66. The smallest absolute Gasteiger partial charge is 0.321 e. The third-order valence-electron chi connectivity index (χ3n) is 2.84. The Hall–Kier alpha value is -1.40. The Kier molecular flexibility index (Phi) is 5.08. The van der Waals surface area contributed by atoms with E-state index in [0.717, 1.165) is 15.4 Å². The average Bonchev–Trinajstić information content (AvgIpc) is 2.32. The van der Waals surface area contributed by atoms with Crippen LogP contribution in [-0.4, -0.2) is 38.9 Å². The Morgan fingerprint density at radius 2 is 1.89 bits per heavy atom. The molecule has 1 rings (SSSR count). The van der Waals surface area contributed by atoms with Crippen molar-refractivity contribution < 1.29 is 17.9 Å². The molecule has 0 heterocycles. The molecular formula is C13H19NO4S. The molecule has 1 aromatic rings. The van der Waals surface area contributed by atoms with E-state index in [1.807, 2.05) is 13.8 Å². The summed E-state index contributed by atoms with van der Waals surface area (Å²) in [5.41, 5.74) is 1.91. The summed E-state index contributed by atoms with van der Waals surface area (Å²) in [5, 5.41) is 0. The molecule has 0 fully saturated rings. The zero-order chi connectivity index (χ0) is 14.6. The molecule has 0 unspecified atom stereocenters. The van der Waals surface area contributed by atoms with Crippen LogP contribution in [0.4, 0.5) is 0 Å².